The van der Waals surface area contributed by atoms with Crippen LogP contribution in [0.25, 0.3) is 22.8 Å². The lowest BCUT2D eigenvalue weighted by atomic mass is 9.83. The van der Waals surface area contributed by atoms with E-state index in [0.717, 1.165) is 37.5 Å². The lowest BCUT2D eigenvalue weighted by Crippen LogP contribution is -2.20. The molecule has 1 aliphatic carbocycles. The first-order valence-electron chi connectivity index (χ1n) is 11.1. The Hall–Kier alpha value is -2.39. The molecule has 34 heavy (non-hydrogen) atoms. The SMILES string of the molecule is CC=c1c(C)c/c(=C2/C=C(c3ccc(N)cc3I)C(=O)C(c3ccc(N)cc3CC)=C2)cc1I. The van der Waals surface area contributed by atoms with E-state index in [0.29, 0.717) is 22.5 Å². The summed E-state index contributed by atoms with van der Waals surface area (Å²) in [5.41, 5.74) is 19.9. The molecule has 3 aromatic rings. The van der Waals surface area contributed by atoms with E-state index in [1.54, 1.807) is 0 Å². The van der Waals surface area contributed by atoms with Gasteiger partial charge in [0.2, 0.25) is 0 Å². The van der Waals surface area contributed by atoms with E-state index in [4.69, 9.17) is 11.5 Å². The van der Waals surface area contributed by atoms with Crippen molar-refractivity contribution >= 4 is 85.1 Å². The number of halogens is 2. The minimum Gasteiger partial charge on any atom is -0.399 e. The van der Waals surface area contributed by atoms with Crippen molar-refractivity contribution < 1.29 is 4.79 Å². The van der Waals surface area contributed by atoms with Crippen LogP contribution in [0.1, 0.15) is 36.1 Å². The molecule has 0 atom stereocenters. The highest BCUT2D eigenvalue weighted by atomic mass is 127. The second kappa shape index (κ2) is 10.1. The molecule has 0 aromatic heterocycles. The van der Waals surface area contributed by atoms with Gasteiger partial charge in [0.15, 0.2) is 5.78 Å². The first kappa shape index (κ1) is 24.7. The summed E-state index contributed by atoms with van der Waals surface area (Å²) in [5.74, 6) is 0.0100. The van der Waals surface area contributed by atoms with E-state index < -0.39 is 0 Å². The summed E-state index contributed by atoms with van der Waals surface area (Å²) in [7, 11) is 0. The van der Waals surface area contributed by atoms with Gasteiger partial charge in [0.1, 0.15) is 0 Å². The molecule has 4 N–H and O–H groups in total. The molecule has 0 saturated heterocycles. The van der Waals surface area contributed by atoms with Gasteiger partial charge >= 0.3 is 0 Å². The summed E-state index contributed by atoms with van der Waals surface area (Å²) >= 11 is 4.64. The number of ketones is 1. The lowest BCUT2D eigenvalue weighted by Gasteiger charge is -2.20. The number of benzene rings is 3. The average Bonchev–Trinajstić information content (AvgIpc) is 2.79. The summed E-state index contributed by atoms with van der Waals surface area (Å²) in [5, 5.41) is 2.33. The van der Waals surface area contributed by atoms with E-state index in [1.165, 1.54) is 14.4 Å². The molecule has 5 heteroatoms. The Bertz CT molecular complexity index is 1480. The second-order valence-electron chi connectivity index (χ2n) is 8.39. The topological polar surface area (TPSA) is 69.1 Å². The Balaban J connectivity index is 2.06. The van der Waals surface area contributed by atoms with Crippen LogP contribution in [0.15, 0.2) is 60.7 Å². The number of hydrogen-bond acceptors (Lipinski definition) is 3. The molecule has 0 saturated carbocycles. The molecule has 0 fully saturated rings. The van der Waals surface area contributed by atoms with Gasteiger partial charge in [-0.15, -0.1) is 0 Å². The van der Waals surface area contributed by atoms with Gasteiger partial charge in [-0.25, -0.2) is 0 Å². The third-order valence-corrected chi connectivity index (χ3v) is 7.92. The van der Waals surface area contributed by atoms with Crippen molar-refractivity contribution in [3.05, 3.63) is 101 Å². The Morgan fingerprint density at radius 1 is 0.853 bits per heavy atom. The van der Waals surface area contributed by atoms with Gasteiger partial charge in [0.05, 0.1) is 0 Å². The lowest BCUT2D eigenvalue weighted by molar-refractivity contribution is -0.108. The molecule has 0 radical (unpaired) electrons. The number of nitrogens with two attached hydrogens (primary N) is 2. The molecule has 0 amide bonds. The fourth-order valence-electron chi connectivity index (χ4n) is 4.40. The Morgan fingerprint density at radius 2 is 1.47 bits per heavy atom. The highest BCUT2D eigenvalue weighted by Gasteiger charge is 2.25. The predicted octanol–water partition coefficient (Wildman–Crippen LogP) is 5.63. The first-order valence-corrected chi connectivity index (χ1v) is 13.3. The average molecular weight is 672 g/mol. The summed E-state index contributed by atoms with van der Waals surface area (Å²) in [6.07, 6.45) is 6.97. The van der Waals surface area contributed by atoms with E-state index in [-0.39, 0.29) is 5.78 Å². The van der Waals surface area contributed by atoms with Crippen molar-refractivity contribution in [2.24, 2.45) is 0 Å². The normalized spacial score (nSPS) is 15.9. The molecular formula is C29H26I2N2O. The minimum absolute atomic E-state index is 0.0100. The van der Waals surface area contributed by atoms with Gasteiger partial charge in [-0.2, -0.15) is 0 Å². The zero-order valence-electron chi connectivity index (χ0n) is 19.4. The van der Waals surface area contributed by atoms with Gasteiger partial charge in [-0.1, -0.05) is 31.2 Å². The van der Waals surface area contributed by atoms with Crippen molar-refractivity contribution in [2.45, 2.75) is 27.2 Å². The number of allylic oxidation sites excluding steroid dienone is 4. The van der Waals surface area contributed by atoms with Gasteiger partial charge in [-0.3, -0.25) is 4.79 Å². The van der Waals surface area contributed by atoms with E-state index in [9.17, 15) is 4.79 Å². The number of anilines is 2. The zero-order valence-corrected chi connectivity index (χ0v) is 23.7. The molecule has 0 spiro atoms. The maximum Gasteiger partial charge on any atom is 0.194 e. The summed E-state index contributed by atoms with van der Waals surface area (Å²) in [6.45, 7) is 6.27. The van der Waals surface area contributed by atoms with E-state index in [2.05, 4.69) is 84.2 Å². The van der Waals surface area contributed by atoms with E-state index >= 15 is 0 Å². The highest BCUT2D eigenvalue weighted by molar-refractivity contribution is 14.1. The number of carbonyl (C=O) groups excluding carboxylic acids is 1. The van der Waals surface area contributed by atoms with E-state index in [1.807, 2.05) is 48.6 Å². The van der Waals surface area contributed by atoms with Crippen molar-refractivity contribution in [2.75, 3.05) is 11.5 Å². The van der Waals surface area contributed by atoms with Crippen molar-refractivity contribution in [1.82, 2.24) is 0 Å². The molecule has 1 aliphatic rings. The maximum atomic E-state index is 13.9. The van der Waals surface area contributed by atoms with Crippen LogP contribution in [-0.2, 0) is 11.2 Å². The molecule has 3 aromatic carbocycles. The number of Topliss-reactive ketones (excluding diaryl/α,β-unsaturated/α-hetero) is 1. The van der Waals surface area contributed by atoms with Crippen LogP contribution in [0.3, 0.4) is 0 Å². The smallest absolute Gasteiger partial charge is 0.194 e. The molecule has 0 aliphatic heterocycles. The Labute approximate surface area is 227 Å². The number of carbonyl (C=O) groups is 1. The number of aryl methyl sites for hydroxylation is 2. The number of hydrogen-bond donors (Lipinski definition) is 2. The Morgan fingerprint density at radius 3 is 2.06 bits per heavy atom. The summed E-state index contributed by atoms with van der Waals surface area (Å²) in [6, 6.07) is 15.9. The molecule has 0 unspecified atom stereocenters. The molecule has 0 heterocycles. The van der Waals surface area contributed by atoms with Crippen LogP contribution in [0.5, 0.6) is 0 Å². The van der Waals surface area contributed by atoms with Crippen LogP contribution in [-0.4, -0.2) is 5.78 Å². The number of nitrogen functional groups attached to an aromatic ring is 2. The van der Waals surface area contributed by atoms with Crippen LogP contribution in [0.2, 0.25) is 0 Å². The molecule has 0 bridgehead atoms. The van der Waals surface area contributed by atoms with Crippen molar-refractivity contribution in [3.63, 3.8) is 0 Å². The Kier molecular flexibility index (Phi) is 7.33. The van der Waals surface area contributed by atoms with Gasteiger partial charge in [-0.05, 0) is 146 Å². The van der Waals surface area contributed by atoms with Gasteiger partial charge in [0.25, 0.3) is 0 Å². The third kappa shape index (κ3) is 4.73. The van der Waals surface area contributed by atoms with Crippen LogP contribution in [0, 0.1) is 14.1 Å². The van der Waals surface area contributed by atoms with Gasteiger partial charge in [0, 0.05) is 29.7 Å². The highest BCUT2D eigenvalue weighted by Crippen LogP contribution is 2.36. The quantitative estimate of drug-likeness (QED) is 0.280. The zero-order chi connectivity index (χ0) is 24.6. The monoisotopic (exact) mass is 672 g/mol. The third-order valence-electron chi connectivity index (χ3n) is 6.13. The van der Waals surface area contributed by atoms with Crippen LogP contribution in [0.4, 0.5) is 11.4 Å². The fraction of sp³-hybridized carbons (Fsp3) is 0.138. The predicted molar refractivity (Wildman–Crippen MR) is 161 cm³/mol. The standard InChI is InChI=1S/C29H26I2N2O/c1-4-17-11-20(32)6-8-23(17)25-12-19(18-10-16(3)22(5-2)27(30)14-18)13-26(29(25)34)24-9-7-21(33)15-28(24)31/h5-15H,4,32-33H2,1-3H3/b19-18-,22-5?. The molecule has 4 rings (SSSR count). The first-order chi connectivity index (χ1) is 16.2. The van der Waals surface area contributed by atoms with Crippen molar-refractivity contribution in [1.29, 1.82) is 0 Å². The minimum atomic E-state index is 0.0100. The summed E-state index contributed by atoms with van der Waals surface area (Å²) in [4.78, 5) is 13.9. The van der Waals surface area contributed by atoms with Crippen LogP contribution < -0.4 is 21.9 Å². The summed E-state index contributed by atoms with van der Waals surface area (Å²) < 4.78 is 2.14. The van der Waals surface area contributed by atoms with Crippen molar-refractivity contribution in [3.8, 4) is 0 Å². The molecule has 3 nitrogen and oxygen atoms in total. The fourth-order valence-corrected chi connectivity index (χ4v) is 6.30. The second-order valence-corrected chi connectivity index (χ2v) is 10.7. The van der Waals surface area contributed by atoms with Crippen LogP contribution >= 0.6 is 45.2 Å². The van der Waals surface area contributed by atoms with Gasteiger partial charge < -0.3 is 11.5 Å². The maximum absolute atomic E-state index is 13.9. The molecular weight excluding hydrogens is 646 g/mol. The number of rotatable bonds is 3. The largest absolute Gasteiger partial charge is 0.399 e. The molecule has 172 valence electrons.